The van der Waals surface area contributed by atoms with Gasteiger partial charge in [0.2, 0.25) is 5.78 Å². The van der Waals surface area contributed by atoms with E-state index >= 15 is 0 Å². The molecule has 158 valence electrons. The van der Waals surface area contributed by atoms with Crippen LogP contribution >= 0.6 is 11.3 Å². The predicted molar refractivity (Wildman–Crippen MR) is 123 cm³/mol. The molecule has 32 heavy (non-hydrogen) atoms. The van der Waals surface area contributed by atoms with Crippen molar-refractivity contribution in [3.63, 3.8) is 0 Å². The first kappa shape index (κ1) is 19.2. The fourth-order valence-electron chi connectivity index (χ4n) is 5.39. The molecule has 2 heterocycles. The van der Waals surface area contributed by atoms with Gasteiger partial charge in [0.25, 0.3) is 0 Å². The van der Waals surface area contributed by atoms with E-state index in [0.717, 1.165) is 29.7 Å². The van der Waals surface area contributed by atoms with Crippen LogP contribution in [0.4, 0.5) is 11.4 Å². The van der Waals surface area contributed by atoms with Gasteiger partial charge in [-0.3, -0.25) is 9.59 Å². The van der Waals surface area contributed by atoms with E-state index in [1.165, 1.54) is 29.4 Å². The van der Waals surface area contributed by atoms with Gasteiger partial charge in [-0.05, 0) is 60.4 Å². The molecule has 3 aromatic rings. The number of Topliss-reactive ketones (excluding diaryl/α,β-unsaturated/α-hetero) is 2. The SMILES string of the molecule is O=C(O)c1cc2c(s1)C(=O)C(=Cc1ccc3c(c1)C1CCCC1N3c1ccccc1)C2=O. The maximum absolute atomic E-state index is 12.8. The maximum atomic E-state index is 12.8. The zero-order chi connectivity index (χ0) is 22.0. The lowest BCUT2D eigenvalue weighted by atomic mass is 9.95. The van der Waals surface area contributed by atoms with Crippen LogP contribution in [0.2, 0.25) is 0 Å². The van der Waals surface area contributed by atoms with Gasteiger partial charge >= 0.3 is 5.97 Å². The highest BCUT2D eigenvalue weighted by Gasteiger charge is 2.42. The number of thiophene rings is 1. The van der Waals surface area contributed by atoms with Crippen molar-refractivity contribution in [1.29, 1.82) is 0 Å². The number of fused-ring (bicyclic) bond motifs is 4. The second-order valence-electron chi connectivity index (χ2n) is 8.50. The van der Waals surface area contributed by atoms with Crippen molar-refractivity contribution in [2.24, 2.45) is 0 Å². The Bertz CT molecular complexity index is 1300. The number of nitrogens with zero attached hydrogens (tertiary/aromatic N) is 1. The normalized spacial score (nSPS) is 22.4. The molecule has 3 aliphatic rings. The molecule has 1 fully saturated rings. The molecule has 2 aromatic carbocycles. The van der Waals surface area contributed by atoms with E-state index < -0.39 is 5.97 Å². The average Bonchev–Trinajstić information content (AvgIpc) is 3.54. The van der Waals surface area contributed by atoms with Gasteiger partial charge in [-0.25, -0.2) is 4.79 Å². The molecular weight excluding hydrogens is 422 g/mol. The number of ketones is 2. The van der Waals surface area contributed by atoms with Gasteiger partial charge in [0, 0.05) is 28.9 Å². The summed E-state index contributed by atoms with van der Waals surface area (Å²) in [5.41, 5.74) is 4.80. The van der Waals surface area contributed by atoms with E-state index in [2.05, 4.69) is 41.3 Å². The number of carbonyl (C=O) groups excluding carboxylic acids is 2. The first-order valence-electron chi connectivity index (χ1n) is 10.7. The van der Waals surface area contributed by atoms with Crippen LogP contribution in [-0.4, -0.2) is 28.7 Å². The fraction of sp³-hybridized carbons (Fsp3) is 0.192. The number of rotatable bonds is 3. The average molecular weight is 442 g/mol. The van der Waals surface area contributed by atoms with Gasteiger partial charge in [-0.1, -0.05) is 30.7 Å². The van der Waals surface area contributed by atoms with Gasteiger partial charge in [-0.15, -0.1) is 11.3 Å². The van der Waals surface area contributed by atoms with Crippen LogP contribution in [0.1, 0.15) is 66.0 Å². The standard InChI is InChI=1S/C26H19NO4S/c28-23-18(24(29)25-19(23)13-22(32-25)26(30)31)12-14-9-10-21-17(11-14)16-7-4-8-20(16)27(21)15-5-2-1-3-6-15/h1-3,5-6,9-13,16,20H,4,7-8H2,(H,30,31). The zero-order valence-corrected chi connectivity index (χ0v) is 17.9. The van der Waals surface area contributed by atoms with E-state index in [0.29, 0.717) is 12.0 Å². The van der Waals surface area contributed by atoms with Crippen molar-refractivity contribution in [2.45, 2.75) is 31.2 Å². The molecule has 0 bridgehead atoms. The number of hydrogen-bond donors (Lipinski definition) is 1. The summed E-state index contributed by atoms with van der Waals surface area (Å²) < 4.78 is 0. The smallest absolute Gasteiger partial charge is 0.345 e. The lowest BCUT2D eigenvalue weighted by Gasteiger charge is -2.27. The van der Waals surface area contributed by atoms with Crippen molar-refractivity contribution in [2.75, 3.05) is 4.90 Å². The fourth-order valence-corrected chi connectivity index (χ4v) is 6.34. The Hall–Kier alpha value is -3.51. The molecule has 0 saturated heterocycles. The summed E-state index contributed by atoms with van der Waals surface area (Å²) in [6, 6.07) is 18.3. The minimum Gasteiger partial charge on any atom is -0.477 e. The Balaban J connectivity index is 1.38. The van der Waals surface area contributed by atoms with E-state index in [1.54, 1.807) is 6.08 Å². The molecule has 2 aliphatic carbocycles. The molecule has 0 spiro atoms. The lowest BCUT2D eigenvalue weighted by Crippen LogP contribution is -2.26. The summed E-state index contributed by atoms with van der Waals surface area (Å²) in [4.78, 5) is 39.5. The molecule has 2 unspecified atom stereocenters. The monoisotopic (exact) mass is 441 g/mol. The molecule has 1 aromatic heterocycles. The Morgan fingerprint density at radius 1 is 1.03 bits per heavy atom. The minimum absolute atomic E-state index is 0.0153. The summed E-state index contributed by atoms with van der Waals surface area (Å²) in [5, 5.41) is 9.15. The Morgan fingerprint density at radius 3 is 2.59 bits per heavy atom. The number of para-hydroxylation sites is 1. The van der Waals surface area contributed by atoms with E-state index in [-0.39, 0.29) is 32.5 Å². The number of allylic oxidation sites excluding steroid dienone is 1. The van der Waals surface area contributed by atoms with Crippen LogP contribution in [0.3, 0.4) is 0 Å². The van der Waals surface area contributed by atoms with Gasteiger partial charge in [-0.2, -0.15) is 0 Å². The predicted octanol–water partition coefficient (Wildman–Crippen LogP) is 5.70. The molecule has 1 saturated carbocycles. The van der Waals surface area contributed by atoms with Crippen LogP contribution < -0.4 is 4.90 Å². The molecule has 5 nitrogen and oxygen atoms in total. The van der Waals surface area contributed by atoms with Gasteiger partial charge in [0.05, 0.1) is 10.5 Å². The summed E-state index contributed by atoms with van der Waals surface area (Å²) >= 11 is 0.869. The number of benzene rings is 2. The van der Waals surface area contributed by atoms with Crippen LogP contribution in [0.15, 0.2) is 60.2 Å². The van der Waals surface area contributed by atoms with E-state index in [9.17, 15) is 14.4 Å². The highest BCUT2D eigenvalue weighted by atomic mass is 32.1. The minimum atomic E-state index is -1.12. The third-order valence-electron chi connectivity index (χ3n) is 6.75. The summed E-state index contributed by atoms with van der Waals surface area (Å²) in [5.74, 6) is -1.45. The highest BCUT2D eigenvalue weighted by molar-refractivity contribution is 7.17. The number of anilines is 2. The second-order valence-corrected chi connectivity index (χ2v) is 9.56. The zero-order valence-electron chi connectivity index (χ0n) is 17.1. The molecule has 0 radical (unpaired) electrons. The van der Waals surface area contributed by atoms with Crippen molar-refractivity contribution in [3.05, 3.63) is 86.6 Å². The topological polar surface area (TPSA) is 74.7 Å². The first-order chi connectivity index (χ1) is 15.5. The van der Waals surface area contributed by atoms with Crippen molar-refractivity contribution in [1.82, 2.24) is 0 Å². The molecule has 6 rings (SSSR count). The second kappa shape index (κ2) is 7.00. The summed E-state index contributed by atoms with van der Waals surface area (Å²) in [6.45, 7) is 0. The van der Waals surface area contributed by atoms with Crippen LogP contribution in [-0.2, 0) is 0 Å². The molecule has 6 heteroatoms. The number of aromatic carboxylic acids is 1. The molecule has 2 atom stereocenters. The van der Waals surface area contributed by atoms with Crippen molar-refractivity contribution < 1.29 is 19.5 Å². The van der Waals surface area contributed by atoms with E-state index in [1.807, 2.05) is 12.1 Å². The molecule has 1 aliphatic heterocycles. The lowest BCUT2D eigenvalue weighted by molar-refractivity contribution is 0.0702. The van der Waals surface area contributed by atoms with Crippen LogP contribution in [0, 0.1) is 0 Å². The molecular formula is C26H19NO4S. The number of hydrogen-bond acceptors (Lipinski definition) is 5. The van der Waals surface area contributed by atoms with Crippen LogP contribution in [0.5, 0.6) is 0 Å². The van der Waals surface area contributed by atoms with Gasteiger partial charge in [0.15, 0.2) is 5.78 Å². The number of carboxylic acid groups (broad SMARTS) is 1. The third-order valence-corrected chi connectivity index (χ3v) is 7.87. The van der Waals surface area contributed by atoms with Gasteiger partial charge in [0.1, 0.15) is 4.88 Å². The number of carboxylic acids is 1. The van der Waals surface area contributed by atoms with Gasteiger partial charge < -0.3 is 10.0 Å². The Morgan fingerprint density at radius 2 is 1.84 bits per heavy atom. The number of carbonyl (C=O) groups is 3. The maximum Gasteiger partial charge on any atom is 0.345 e. The Labute approximate surface area is 188 Å². The van der Waals surface area contributed by atoms with Crippen LogP contribution in [0.25, 0.3) is 6.08 Å². The third kappa shape index (κ3) is 2.72. The van der Waals surface area contributed by atoms with Crippen molar-refractivity contribution in [3.8, 4) is 0 Å². The highest BCUT2D eigenvalue weighted by Crippen LogP contribution is 2.52. The summed E-state index contributed by atoms with van der Waals surface area (Å²) in [6.07, 6.45) is 5.13. The Kier molecular flexibility index (Phi) is 4.20. The van der Waals surface area contributed by atoms with Crippen molar-refractivity contribution >= 4 is 46.3 Å². The quantitative estimate of drug-likeness (QED) is 0.417. The molecule has 1 N–H and O–H groups in total. The first-order valence-corrected chi connectivity index (χ1v) is 11.5. The summed E-state index contributed by atoms with van der Waals surface area (Å²) in [7, 11) is 0. The largest absolute Gasteiger partial charge is 0.477 e. The van der Waals surface area contributed by atoms with E-state index in [4.69, 9.17) is 5.11 Å². The molecule has 0 amide bonds.